The SMILES string of the molecule is CC(C)n1c(SCC(=O)Nc2sc3c(c2C#N)CCCCC3)nnc1-c1csc2c1CCCC2. The van der Waals surface area contributed by atoms with Gasteiger partial charge in [0, 0.05) is 26.7 Å². The quantitative estimate of drug-likeness (QED) is 0.306. The molecule has 0 fully saturated rings. The van der Waals surface area contributed by atoms with E-state index >= 15 is 0 Å². The molecule has 9 heteroatoms. The first kappa shape index (κ1) is 23.6. The van der Waals surface area contributed by atoms with Crippen LogP contribution in [0, 0.1) is 11.3 Å². The Morgan fingerprint density at radius 3 is 2.68 bits per heavy atom. The summed E-state index contributed by atoms with van der Waals surface area (Å²) < 4.78 is 2.16. The molecule has 2 aliphatic carbocycles. The van der Waals surface area contributed by atoms with Crippen LogP contribution in [0.4, 0.5) is 5.00 Å². The van der Waals surface area contributed by atoms with Gasteiger partial charge in [-0.05, 0) is 76.3 Å². The highest BCUT2D eigenvalue weighted by atomic mass is 32.2. The van der Waals surface area contributed by atoms with Crippen molar-refractivity contribution in [1.82, 2.24) is 14.8 Å². The largest absolute Gasteiger partial charge is 0.316 e. The van der Waals surface area contributed by atoms with Gasteiger partial charge in [0.1, 0.15) is 11.1 Å². The van der Waals surface area contributed by atoms with E-state index in [1.54, 1.807) is 11.3 Å². The van der Waals surface area contributed by atoms with Gasteiger partial charge in [-0.3, -0.25) is 9.36 Å². The molecule has 3 aromatic rings. The molecule has 0 saturated heterocycles. The number of aromatic nitrogens is 3. The van der Waals surface area contributed by atoms with Crippen molar-refractivity contribution >= 4 is 45.3 Å². The van der Waals surface area contributed by atoms with Crippen LogP contribution in [-0.2, 0) is 30.5 Å². The van der Waals surface area contributed by atoms with E-state index in [-0.39, 0.29) is 17.7 Å². The third-order valence-electron chi connectivity index (χ3n) is 6.60. The van der Waals surface area contributed by atoms with Crippen molar-refractivity contribution in [3.05, 3.63) is 31.8 Å². The molecule has 0 aromatic carbocycles. The van der Waals surface area contributed by atoms with Crippen LogP contribution in [0.25, 0.3) is 11.4 Å². The molecule has 0 aliphatic heterocycles. The molecule has 0 spiro atoms. The second kappa shape index (κ2) is 10.2. The first-order chi connectivity index (χ1) is 16.6. The van der Waals surface area contributed by atoms with Crippen molar-refractivity contribution in [3.63, 3.8) is 0 Å². The maximum absolute atomic E-state index is 12.9. The van der Waals surface area contributed by atoms with Crippen LogP contribution in [0.3, 0.4) is 0 Å². The van der Waals surface area contributed by atoms with Gasteiger partial charge in [-0.1, -0.05) is 18.2 Å². The molecule has 0 saturated carbocycles. The molecule has 0 unspecified atom stereocenters. The molecule has 1 amide bonds. The standard InChI is InChI=1S/C25H29N5OS3/c1-15(2)30-23(19-13-32-20-10-7-6-9-17(19)20)28-29-25(30)33-14-22(31)27-24-18(12-26)16-8-4-3-5-11-21(16)34-24/h13,15H,3-11,14H2,1-2H3,(H,27,31). The fourth-order valence-electron chi connectivity index (χ4n) is 4.95. The minimum Gasteiger partial charge on any atom is -0.316 e. The highest BCUT2D eigenvalue weighted by molar-refractivity contribution is 7.99. The number of amides is 1. The number of aryl methyl sites for hydroxylation is 2. The lowest BCUT2D eigenvalue weighted by Crippen LogP contribution is -2.15. The first-order valence-electron chi connectivity index (χ1n) is 12.1. The molecule has 3 heterocycles. The summed E-state index contributed by atoms with van der Waals surface area (Å²) in [6.45, 7) is 4.27. The Morgan fingerprint density at radius 1 is 1.12 bits per heavy atom. The lowest BCUT2D eigenvalue weighted by molar-refractivity contribution is -0.113. The lowest BCUT2D eigenvalue weighted by Gasteiger charge is -2.16. The number of anilines is 1. The number of fused-ring (bicyclic) bond motifs is 2. The maximum atomic E-state index is 12.9. The van der Waals surface area contributed by atoms with Gasteiger partial charge in [-0.25, -0.2) is 0 Å². The molecule has 178 valence electrons. The van der Waals surface area contributed by atoms with Crippen LogP contribution < -0.4 is 5.32 Å². The third-order valence-corrected chi connectivity index (χ3v) is 9.84. The number of hydrogen-bond acceptors (Lipinski definition) is 7. The number of rotatable bonds is 6. The zero-order chi connectivity index (χ0) is 23.7. The van der Waals surface area contributed by atoms with Gasteiger partial charge < -0.3 is 5.32 Å². The van der Waals surface area contributed by atoms with Crippen molar-refractivity contribution in [2.24, 2.45) is 0 Å². The molecule has 0 radical (unpaired) electrons. The topological polar surface area (TPSA) is 83.6 Å². The summed E-state index contributed by atoms with van der Waals surface area (Å²) >= 11 is 4.82. The smallest absolute Gasteiger partial charge is 0.235 e. The second-order valence-corrected chi connectivity index (χ2v) is 12.3. The summed E-state index contributed by atoms with van der Waals surface area (Å²) in [5.74, 6) is 1.04. The molecule has 0 atom stereocenters. The summed E-state index contributed by atoms with van der Waals surface area (Å²) in [7, 11) is 0. The van der Waals surface area contributed by atoms with E-state index in [9.17, 15) is 10.1 Å². The Labute approximate surface area is 212 Å². The fourth-order valence-corrected chi connectivity index (χ4v) is 8.20. The number of thiophene rings is 2. The van der Waals surface area contributed by atoms with E-state index in [0.29, 0.717) is 10.6 Å². The van der Waals surface area contributed by atoms with E-state index < -0.39 is 0 Å². The molecule has 34 heavy (non-hydrogen) atoms. The van der Waals surface area contributed by atoms with Crippen LogP contribution in [-0.4, -0.2) is 26.4 Å². The number of nitriles is 1. The van der Waals surface area contributed by atoms with Gasteiger partial charge in [-0.15, -0.1) is 32.9 Å². The molecular formula is C25H29N5OS3. The van der Waals surface area contributed by atoms with E-state index in [4.69, 9.17) is 0 Å². The van der Waals surface area contributed by atoms with E-state index in [1.807, 2.05) is 11.3 Å². The zero-order valence-electron chi connectivity index (χ0n) is 19.6. The number of hydrogen-bond donors (Lipinski definition) is 1. The van der Waals surface area contributed by atoms with E-state index in [0.717, 1.165) is 55.1 Å². The van der Waals surface area contributed by atoms with E-state index in [2.05, 4.69) is 45.4 Å². The molecule has 2 aliphatic rings. The molecule has 1 N–H and O–H groups in total. The van der Waals surface area contributed by atoms with Crippen molar-refractivity contribution in [2.75, 3.05) is 11.1 Å². The summed E-state index contributed by atoms with van der Waals surface area (Å²) in [6.07, 6.45) is 10.2. The maximum Gasteiger partial charge on any atom is 0.235 e. The number of thioether (sulfide) groups is 1. The number of nitrogens with zero attached hydrogens (tertiary/aromatic N) is 4. The van der Waals surface area contributed by atoms with Gasteiger partial charge in [-0.2, -0.15) is 5.26 Å². The molecular weight excluding hydrogens is 483 g/mol. The Morgan fingerprint density at radius 2 is 1.85 bits per heavy atom. The van der Waals surface area contributed by atoms with Crippen molar-refractivity contribution in [2.45, 2.75) is 82.8 Å². The Bertz CT molecular complexity index is 1250. The van der Waals surface area contributed by atoms with Crippen molar-refractivity contribution in [3.8, 4) is 17.5 Å². The summed E-state index contributed by atoms with van der Waals surface area (Å²) in [4.78, 5) is 15.6. The Balaban J connectivity index is 1.32. The predicted octanol–water partition coefficient (Wildman–Crippen LogP) is 6.40. The van der Waals surface area contributed by atoms with Crippen LogP contribution in [0.15, 0.2) is 10.5 Å². The Hall–Kier alpha value is -2.15. The van der Waals surface area contributed by atoms with Crippen molar-refractivity contribution in [1.29, 1.82) is 5.26 Å². The summed E-state index contributed by atoms with van der Waals surface area (Å²) in [5, 5.41) is 25.5. The third kappa shape index (κ3) is 4.56. The molecule has 3 aromatic heterocycles. The number of carbonyl (C=O) groups is 1. The molecule has 5 rings (SSSR count). The van der Waals surface area contributed by atoms with Crippen LogP contribution in [0.5, 0.6) is 0 Å². The monoisotopic (exact) mass is 511 g/mol. The average Bonchev–Trinajstić information content (AvgIpc) is 3.48. The summed E-state index contributed by atoms with van der Waals surface area (Å²) in [6, 6.07) is 2.53. The number of nitrogens with one attached hydrogen (secondary N) is 1. The van der Waals surface area contributed by atoms with Gasteiger partial charge in [0.05, 0.1) is 11.3 Å². The highest BCUT2D eigenvalue weighted by Crippen LogP contribution is 2.39. The lowest BCUT2D eigenvalue weighted by atomic mass is 9.95. The van der Waals surface area contributed by atoms with Crippen LogP contribution in [0.2, 0.25) is 0 Å². The highest BCUT2D eigenvalue weighted by Gasteiger charge is 2.25. The minimum atomic E-state index is -0.106. The average molecular weight is 512 g/mol. The summed E-state index contributed by atoms with van der Waals surface area (Å²) in [5.41, 5.74) is 4.45. The van der Waals surface area contributed by atoms with Gasteiger partial charge >= 0.3 is 0 Å². The first-order valence-corrected chi connectivity index (χ1v) is 14.8. The van der Waals surface area contributed by atoms with Crippen LogP contribution >= 0.6 is 34.4 Å². The zero-order valence-corrected chi connectivity index (χ0v) is 22.1. The van der Waals surface area contributed by atoms with Crippen molar-refractivity contribution < 1.29 is 4.79 Å². The minimum absolute atomic E-state index is 0.106. The second-order valence-electron chi connectivity index (χ2n) is 9.25. The van der Waals surface area contributed by atoms with Gasteiger partial charge in [0.25, 0.3) is 0 Å². The molecule has 0 bridgehead atoms. The van der Waals surface area contributed by atoms with Gasteiger partial charge in [0.15, 0.2) is 11.0 Å². The van der Waals surface area contributed by atoms with Gasteiger partial charge in [0.2, 0.25) is 5.91 Å². The van der Waals surface area contributed by atoms with E-state index in [1.165, 1.54) is 51.9 Å². The molecule has 6 nitrogen and oxygen atoms in total. The predicted molar refractivity (Wildman–Crippen MR) is 140 cm³/mol. The Kier molecular flexibility index (Phi) is 7.09. The van der Waals surface area contributed by atoms with Crippen LogP contribution in [0.1, 0.15) is 78.4 Å². The fraction of sp³-hybridized carbons (Fsp3) is 0.520. The number of carbonyl (C=O) groups excluding carboxylic acids is 1. The normalized spacial score (nSPS) is 15.5.